The minimum Gasteiger partial charge on any atom is -0.324 e. The first kappa shape index (κ1) is 22.4. The van der Waals surface area contributed by atoms with Gasteiger partial charge in [0.1, 0.15) is 6.04 Å². The number of aryl methyl sites for hydroxylation is 1. The summed E-state index contributed by atoms with van der Waals surface area (Å²) in [7, 11) is -3.86. The van der Waals surface area contributed by atoms with Gasteiger partial charge in [0.2, 0.25) is 15.9 Å². The molecule has 0 aliphatic heterocycles. The Morgan fingerprint density at radius 3 is 2.41 bits per heavy atom. The van der Waals surface area contributed by atoms with Gasteiger partial charge in [-0.1, -0.05) is 31.5 Å². The molecule has 2 aromatic carbocycles. The third-order valence-corrected chi connectivity index (χ3v) is 5.67. The summed E-state index contributed by atoms with van der Waals surface area (Å²) >= 11 is 0. The van der Waals surface area contributed by atoms with E-state index in [0.29, 0.717) is 5.69 Å². The topological polar surface area (TPSA) is 110 Å². The van der Waals surface area contributed by atoms with Crippen LogP contribution in [-0.4, -0.2) is 31.5 Å². The van der Waals surface area contributed by atoms with E-state index in [0.717, 1.165) is 41.5 Å². The molecule has 2 rings (SSSR count). The monoisotopic (exact) mass is 419 g/mol. The Labute approximate surface area is 170 Å². The summed E-state index contributed by atoms with van der Waals surface area (Å²) in [5, 5.41) is 13.7. The van der Waals surface area contributed by atoms with Crippen molar-refractivity contribution in [3.8, 4) is 0 Å². The number of hydrogen-bond acceptors (Lipinski definition) is 5. The molecule has 0 aliphatic carbocycles. The van der Waals surface area contributed by atoms with Gasteiger partial charge >= 0.3 is 0 Å². The molecule has 0 saturated heterocycles. The van der Waals surface area contributed by atoms with Gasteiger partial charge in [-0.15, -0.1) is 0 Å². The summed E-state index contributed by atoms with van der Waals surface area (Å²) in [5.74, 6) is -0.539. The van der Waals surface area contributed by atoms with Crippen molar-refractivity contribution in [3.05, 3.63) is 64.2 Å². The molecule has 0 spiro atoms. The van der Waals surface area contributed by atoms with Gasteiger partial charge in [0.25, 0.3) is 5.69 Å². The smallest absolute Gasteiger partial charge is 0.271 e. The molecular formula is C20H25N3O5S. The van der Waals surface area contributed by atoms with Crippen molar-refractivity contribution in [1.82, 2.24) is 0 Å². The number of amides is 1. The molecule has 0 unspecified atom stereocenters. The van der Waals surface area contributed by atoms with Gasteiger partial charge in [0, 0.05) is 17.8 Å². The lowest BCUT2D eigenvalue weighted by Crippen LogP contribution is -2.45. The van der Waals surface area contributed by atoms with Crippen LogP contribution in [0.2, 0.25) is 0 Å². The minimum absolute atomic E-state index is 0.0549. The lowest BCUT2D eigenvalue weighted by molar-refractivity contribution is -0.384. The quantitative estimate of drug-likeness (QED) is 0.492. The van der Waals surface area contributed by atoms with Gasteiger partial charge in [0.15, 0.2) is 0 Å². The van der Waals surface area contributed by atoms with E-state index in [-0.39, 0.29) is 11.4 Å². The SMILES string of the molecule is CCCCc1ccc(NC(=O)[C@H](C)N(c2cccc([N+](=O)[O-])c2)S(C)(=O)=O)cc1. The zero-order valence-electron chi connectivity index (χ0n) is 16.7. The molecule has 1 atom stereocenters. The second kappa shape index (κ2) is 9.51. The highest BCUT2D eigenvalue weighted by atomic mass is 32.2. The predicted octanol–water partition coefficient (Wildman–Crippen LogP) is 3.73. The third-order valence-electron chi connectivity index (χ3n) is 4.42. The maximum absolute atomic E-state index is 12.7. The Morgan fingerprint density at radius 1 is 1.21 bits per heavy atom. The van der Waals surface area contributed by atoms with E-state index >= 15 is 0 Å². The van der Waals surface area contributed by atoms with Crippen LogP contribution in [0.4, 0.5) is 17.1 Å². The molecule has 0 aliphatic rings. The highest BCUT2D eigenvalue weighted by molar-refractivity contribution is 7.92. The number of carbonyl (C=O) groups excluding carboxylic acids is 1. The van der Waals surface area contributed by atoms with Crippen LogP contribution in [0.3, 0.4) is 0 Å². The molecule has 2 aromatic rings. The van der Waals surface area contributed by atoms with Gasteiger partial charge in [-0.3, -0.25) is 19.2 Å². The van der Waals surface area contributed by atoms with Gasteiger partial charge in [-0.25, -0.2) is 8.42 Å². The van der Waals surface area contributed by atoms with Gasteiger partial charge in [0.05, 0.1) is 16.9 Å². The molecule has 0 heterocycles. The van der Waals surface area contributed by atoms with Crippen molar-refractivity contribution in [2.75, 3.05) is 15.9 Å². The Kier molecular flexibility index (Phi) is 7.33. The zero-order valence-corrected chi connectivity index (χ0v) is 17.5. The van der Waals surface area contributed by atoms with Crippen molar-refractivity contribution < 1.29 is 18.1 Å². The molecule has 9 heteroatoms. The van der Waals surface area contributed by atoms with Crippen LogP contribution in [0.15, 0.2) is 48.5 Å². The summed E-state index contributed by atoms with van der Waals surface area (Å²) in [6, 6.07) is 11.5. The molecule has 0 saturated carbocycles. The number of benzene rings is 2. The molecule has 8 nitrogen and oxygen atoms in total. The van der Waals surface area contributed by atoms with Crippen molar-refractivity contribution in [3.63, 3.8) is 0 Å². The summed E-state index contributed by atoms with van der Waals surface area (Å²) in [4.78, 5) is 23.1. The lowest BCUT2D eigenvalue weighted by Gasteiger charge is -2.28. The van der Waals surface area contributed by atoms with Gasteiger partial charge in [-0.2, -0.15) is 0 Å². The van der Waals surface area contributed by atoms with E-state index in [1.165, 1.54) is 25.1 Å². The van der Waals surface area contributed by atoms with E-state index in [1.54, 1.807) is 12.1 Å². The first-order valence-corrected chi connectivity index (χ1v) is 11.1. The molecular weight excluding hydrogens is 394 g/mol. The van der Waals surface area contributed by atoms with Crippen LogP contribution in [0.1, 0.15) is 32.3 Å². The maximum Gasteiger partial charge on any atom is 0.271 e. The predicted molar refractivity (Wildman–Crippen MR) is 114 cm³/mol. The molecule has 0 bridgehead atoms. The van der Waals surface area contributed by atoms with Crippen LogP contribution in [0.5, 0.6) is 0 Å². The summed E-state index contributed by atoms with van der Waals surface area (Å²) in [6.07, 6.45) is 4.08. The van der Waals surface area contributed by atoms with E-state index in [4.69, 9.17) is 0 Å². The molecule has 0 radical (unpaired) electrons. The second-order valence-corrected chi connectivity index (χ2v) is 8.66. The number of sulfonamides is 1. The number of unbranched alkanes of at least 4 members (excludes halogenated alkanes) is 1. The molecule has 156 valence electrons. The summed E-state index contributed by atoms with van der Waals surface area (Å²) in [5.41, 5.74) is 1.51. The lowest BCUT2D eigenvalue weighted by atomic mass is 10.1. The number of rotatable bonds is 9. The number of nitro groups is 1. The summed E-state index contributed by atoms with van der Waals surface area (Å²) < 4.78 is 25.5. The van der Waals surface area contributed by atoms with Crippen LogP contribution >= 0.6 is 0 Å². The fraction of sp³-hybridized carbons (Fsp3) is 0.350. The van der Waals surface area contributed by atoms with Crippen LogP contribution in [-0.2, 0) is 21.2 Å². The second-order valence-electron chi connectivity index (χ2n) is 6.80. The number of nitro benzene ring substituents is 1. The van der Waals surface area contributed by atoms with Gasteiger partial charge < -0.3 is 5.32 Å². The Morgan fingerprint density at radius 2 is 1.86 bits per heavy atom. The zero-order chi connectivity index (χ0) is 21.6. The maximum atomic E-state index is 12.7. The Balaban J connectivity index is 2.23. The van der Waals surface area contributed by atoms with Crippen LogP contribution < -0.4 is 9.62 Å². The Hall–Kier alpha value is -2.94. The molecule has 0 aromatic heterocycles. The first-order valence-electron chi connectivity index (χ1n) is 9.27. The number of hydrogen-bond donors (Lipinski definition) is 1. The van der Waals surface area contributed by atoms with Crippen molar-refractivity contribution in [1.29, 1.82) is 0 Å². The number of anilines is 2. The molecule has 1 N–H and O–H groups in total. The molecule has 0 fully saturated rings. The molecule has 1 amide bonds. The van der Waals surface area contributed by atoms with Crippen LogP contribution in [0, 0.1) is 10.1 Å². The normalized spacial score (nSPS) is 12.2. The van der Waals surface area contributed by atoms with Crippen molar-refractivity contribution >= 4 is 33.0 Å². The fourth-order valence-electron chi connectivity index (χ4n) is 2.93. The van der Waals surface area contributed by atoms with E-state index in [2.05, 4.69) is 12.2 Å². The van der Waals surface area contributed by atoms with E-state index in [9.17, 15) is 23.3 Å². The fourth-order valence-corrected chi connectivity index (χ4v) is 4.10. The highest BCUT2D eigenvalue weighted by Gasteiger charge is 2.30. The average molecular weight is 420 g/mol. The van der Waals surface area contributed by atoms with E-state index < -0.39 is 26.9 Å². The number of carbonyl (C=O) groups is 1. The standard InChI is InChI=1S/C20H25N3O5S/c1-4-5-7-16-10-12-17(13-11-16)21-20(24)15(2)22(29(3,27)28)18-8-6-9-19(14-18)23(25)26/h6,8-15H,4-5,7H2,1-3H3,(H,21,24)/t15-/m0/s1. The highest BCUT2D eigenvalue weighted by Crippen LogP contribution is 2.26. The Bertz CT molecular complexity index is 974. The van der Waals surface area contributed by atoms with Gasteiger partial charge in [-0.05, 0) is 43.5 Å². The minimum atomic E-state index is -3.86. The average Bonchev–Trinajstić information content (AvgIpc) is 2.66. The van der Waals surface area contributed by atoms with Crippen molar-refractivity contribution in [2.45, 2.75) is 39.2 Å². The first-order chi connectivity index (χ1) is 13.6. The van der Waals surface area contributed by atoms with Crippen LogP contribution in [0.25, 0.3) is 0 Å². The largest absolute Gasteiger partial charge is 0.324 e. The van der Waals surface area contributed by atoms with Crippen molar-refractivity contribution in [2.24, 2.45) is 0 Å². The number of non-ortho nitro benzene ring substituents is 1. The summed E-state index contributed by atoms with van der Waals surface area (Å²) in [6.45, 7) is 3.55. The number of nitrogens with one attached hydrogen (secondary N) is 1. The van der Waals surface area contributed by atoms with E-state index in [1.807, 2.05) is 12.1 Å². The third kappa shape index (κ3) is 6.02. The molecule has 29 heavy (non-hydrogen) atoms. The number of nitrogens with zero attached hydrogens (tertiary/aromatic N) is 2.